The summed E-state index contributed by atoms with van der Waals surface area (Å²) in [5.74, 6) is 0.226. The molecule has 2 saturated heterocycles. The summed E-state index contributed by atoms with van der Waals surface area (Å²) < 4.78 is 5.15. The molecule has 0 unspecified atom stereocenters. The van der Waals surface area contributed by atoms with Crippen LogP contribution in [0.4, 0.5) is 5.69 Å². The minimum atomic E-state index is -0.252. The van der Waals surface area contributed by atoms with E-state index in [0.717, 1.165) is 51.1 Å². The van der Waals surface area contributed by atoms with E-state index in [2.05, 4.69) is 14.9 Å². The molecular weight excluding hydrogens is 292 g/mol. The quantitative estimate of drug-likeness (QED) is 0.868. The van der Waals surface area contributed by atoms with Gasteiger partial charge in [0, 0.05) is 25.2 Å². The van der Waals surface area contributed by atoms with Crippen molar-refractivity contribution in [2.75, 3.05) is 24.5 Å². The van der Waals surface area contributed by atoms with Crippen LogP contribution in [0.2, 0.25) is 0 Å². The zero-order valence-electron chi connectivity index (χ0n) is 13.0. The molecule has 1 spiro atoms. The molecule has 4 heterocycles. The number of hydrogen-bond donors (Lipinski definition) is 0. The summed E-state index contributed by atoms with van der Waals surface area (Å²) in [6.07, 6.45) is 11.3. The Morgan fingerprint density at radius 3 is 2.87 bits per heavy atom. The van der Waals surface area contributed by atoms with Gasteiger partial charge in [-0.2, -0.15) is 0 Å². The Morgan fingerprint density at radius 1 is 1.22 bits per heavy atom. The van der Waals surface area contributed by atoms with E-state index in [9.17, 15) is 4.79 Å². The highest BCUT2D eigenvalue weighted by molar-refractivity contribution is 5.99. The first-order valence-electron chi connectivity index (χ1n) is 8.07. The summed E-state index contributed by atoms with van der Waals surface area (Å²) in [4.78, 5) is 25.3. The summed E-state index contributed by atoms with van der Waals surface area (Å²) in [5.41, 5.74) is 1.72. The molecule has 2 aliphatic heterocycles. The Labute approximate surface area is 135 Å². The number of likely N-dealkylation sites (tertiary alicyclic amines) is 1. The lowest BCUT2D eigenvalue weighted by Gasteiger charge is -2.38. The molecule has 2 aromatic rings. The number of furan rings is 1. The van der Waals surface area contributed by atoms with E-state index in [1.54, 1.807) is 24.9 Å². The molecule has 0 saturated carbocycles. The van der Waals surface area contributed by atoms with Crippen LogP contribution in [-0.4, -0.2) is 40.4 Å². The third-order valence-corrected chi connectivity index (χ3v) is 5.01. The van der Waals surface area contributed by atoms with Crippen LogP contribution < -0.4 is 4.90 Å². The molecule has 0 aliphatic carbocycles. The molecule has 2 fully saturated rings. The van der Waals surface area contributed by atoms with Gasteiger partial charge in [0.2, 0.25) is 5.91 Å². The van der Waals surface area contributed by atoms with Crippen LogP contribution in [0.15, 0.2) is 41.7 Å². The largest absolute Gasteiger partial charge is 0.472 e. The molecule has 4 rings (SSSR count). The lowest BCUT2D eigenvalue weighted by Crippen LogP contribution is -2.47. The molecule has 0 bridgehead atoms. The molecule has 2 aromatic heterocycles. The Hall–Kier alpha value is -2.21. The van der Waals surface area contributed by atoms with Gasteiger partial charge in [0.1, 0.15) is 6.33 Å². The first kappa shape index (κ1) is 14.4. The monoisotopic (exact) mass is 312 g/mol. The highest BCUT2D eigenvalue weighted by Crippen LogP contribution is 2.41. The molecule has 1 amide bonds. The van der Waals surface area contributed by atoms with Gasteiger partial charge < -0.3 is 9.32 Å². The second-order valence-electron chi connectivity index (χ2n) is 6.53. The van der Waals surface area contributed by atoms with Crippen molar-refractivity contribution in [3.05, 3.63) is 42.9 Å². The number of piperidine rings is 1. The number of hydrogen-bond acceptors (Lipinski definition) is 5. The third-order valence-electron chi connectivity index (χ3n) is 5.01. The summed E-state index contributed by atoms with van der Waals surface area (Å²) in [7, 11) is 0. The van der Waals surface area contributed by atoms with Crippen molar-refractivity contribution in [1.82, 2.24) is 14.9 Å². The fraction of sp³-hybridized carbons (Fsp3) is 0.471. The van der Waals surface area contributed by atoms with Crippen LogP contribution in [0.1, 0.15) is 24.8 Å². The third kappa shape index (κ3) is 2.63. The molecule has 0 N–H and O–H groups in total. The van der Waals surface area contributed by atoms with E-state index < -0.39 is 0 Å². The molecule has 6 heteroatoms. The van der Waals surface area contributed by atoms with Crippen LogP contribution in [-0.2, 0) is 11.3 Å². The van der Waals surface area contributed by atoms with Crippen molar-refractivity contribution in [3.63, 3.8) is 0 Å². The average molecular weight is 312 g/mol. The van der Waals surface area contributed by atoms with Crippen LogP contribution in [0.3, 0.4) is 0 Å². The number of anilines is 1. The van der Waals surface area contributed by atoms with Gasteiger partial charge in [-0.3, -0.25) is 9.69 Å². The van der Waals surface area contributed by atoms with Crippen molar-refractivity contribution in [2.45, 2.75) is 25.8 Å². The van der Waals surface area contributed by atoms with Gasteiger partial charge in [0.25, 0.3) is 0 Å². The Kier molecular flexibility index (Phi) is 3.61. The summed E-state index contributed by atoms with van der Waals surface area (Å²) in [5, 5.41) is 0. The number of amides is 1. The average Bonchev–Trinajstić information content (AvgIpc) is 3.19. The Bertz CT molecular complexity index is 673. The molecule has 6 nitrogen and oxygen atoms in total. The predicted molar refractivity (Wildman–Crippen MR) is 84.7 cm³/mol. The van der Waals surface area contributed by atoms with E-state index in [4.69, 9.17) is 4.42 Å². The van der Waals surface area contributed by atoms with Gasteiger partial charge in [-0.15, -0.1) is 0 Å². The zero-order chi connectivity index (χ0) is 15.7. The number of aromatic nitrogens is 2. The summed E-state index contributed by atoms with van der Waals surface area (Å²) >= 11 is 0. The number of rotatable bonds is 3. The second-order valence-corrected chi connectivity index (χ2v) is 6.53. The maximum Gasteiger partial charge on any atom is 0.234 e. The van der Waals surface area contributed by atoms with Crippen LogP contribution in [0, 0.1) is 5.41 Å². The number of carbonyl (C=O) groups excluding carboxylic acids is 1. The predicted octanol–water partition coefficient (Wildman–Crippen LogP) is 2.09. The zero-order valence-corrected chi connectivity index (χ0v) is 13.0. The van der Waals surface area contributed by atoms with Gasteiger partial charge in [-0.25, -0.2) is 9.97 Å². The van der Waals surface area contributed by atoms with Gasteiger partial charge in [0.15, 0.2) is 0 Å². The van der Waals surface area contributed by atoms with Crippen molar-refractivity contribution < 1.29 is 9.21 Å². The smallest absolute Gasteiger partial charge is 0.234 e. The van der Waals surface area contributed by atoms with Crippen molar-refractivity contribution >= 4 is 11.6 Å². The van der Waals surface area contributed by atoms with E-state index in [-0.39, 0.29) is 11.3 Å². The highest BCUT2D eigenvalue weighted by atomic mass is 16.3. The second kappa shape index (κ2) is 5.77. The fourth-order valence-corrected chi connectivity index (χ4v) is 3.88. The molecule has 120 valence electrons. The van der Waals surface area contributed by atoms with E-state index in [1.165, 1.54) is 11.9 Å². The molecule has 2 aliphatic rings. The molecule has 1 atom stereocenters. The molecule has 0 radical (unpaired) electrons. The lowest BCUT2D eigenvalue weighted by molar-refractivity contribution is -0.128. The summed E-state index contributed by atoms with van der Waals surface area (Å²) in [6, 6.07) is 1.99. The number of nitrogens with zero attached hydrogens (tertiary/aromatic N) is 4. The van der Waals surface area contributed by atoms with Crippen LogP contribution in [0.5, 0.6) is 0 Å². The van der Waals surface area contributed by atoms with Gasteiger partial charge >= 0.3 is 0 Å². The maximum atomic E-state index is 13.1. The van der Waals surface area contributed by atoms with Gasteiger partial charge in [-0.1, -0.05) is 0 Å². The van der Waals surface area contributed by atoms with E-state index in [1.807, 2.05) is 11.0 Å². The molecular formula is C17H20N4O2. The van der Waals surface area contributed by atoms with Crippen LogP contribution >= 0.6 is 0 Å². The lowest BCUT2D eigenvalue weighted by atomic mass is 9.78. The fourth-order valence-electron chi connectivity index (χ4n) is 3.88. The normalized spacial score (nSPS) is 25.4. The van der Waals surface area contributed by atoms with Gasteiger partial charge in [0.05, 0.1) is 36.0 Å². The van der Waals surface area contributed by atoms with E-state index in [0.29, 0.717) is 0 Å². The Morgan fingerprint density at radius 2 is 2.09 bits per heavy atom. The highest BCUT2D eigenvalue weighted by Gasteiger charge is 2.49. The van der Waals surface area contributed by atoms with E-state index >= 15 is 0 Å². The molecule has 0 aromatic carbocycles. The van der Waals surface area contributed by atoms with Crippen molar-refractivity contribution in [2.24, 2.45) is 5.41 Å². The van der Waals surface area contributed by atoms with Crippen LogP contribution in [0.25, 0.3) is 0 Å². The topological polar surface area (TPSA) is 62.5 Å². The minimum absolute atomic E-state index is 0.226. The van der Waals surface area contributed by atoms with Gasteiger partial charge in [-0.05, 0) is 31.9 Å². The SMILES string of the molecule is O=C1N(c2cncnc2)CC[C@@]12CCCN(Cc1ccoc1)C2. The first-order valence-corrected chi connectivity index (χ1v) is 8.07. The van der Waals surface area contributed by atoms with Crippen molar-refractivity contribution in [1.29, 1.82) is 0 Å². The van der Waals surface area contributed by atoms with Crippen molar-refractivity contribution in [3.8, 4) is 0 Å². The molecule has 23 heavy (non-hydrogen) atoms. The first-order chi connectivity index (χ1) is 11.3. The minimum Gasteiger partial charge on any atom is -0.472 e. The standard InChI is InChI=1S/C17H20N4O2/c22-16-17(4-6-21(16)15-8-18-13-19-9-15)3-1-5-20(12-17)10-14-2-7-23-11-14/h2,7-9,11,13H,1,3-6,10,12H2/t17-/m1/s1. The summed E-state index contributed by atoms with van der Waals surface area (Å²) in [6.45, 7) is 3.46. The number of carbonyl (C=O) groups is 1. The maximum absolute atomic E-state index is 13.1. The Balaban J connectivity index is 1.51.